The summed E-state index contributed by atoms with van der Waals surface area (Å²) in [5, 5.41) is 21.0. The third-order valence-corrected chi connectivity index (χ3v) is 0.862. The van der Waals surface area contributed by atoms with Gasteiger partial charge in [0.15, 0.2) is 0 Å². The van der Waals surface area contributed by atoms with Crippen molar-refractivity contribution < 1.29 is 15.6 Å². The van der Waals surface area contributed by atoms with Gasteiger partial charge in [0.2, 0.25) is 0 Å². The quantitative estimate of drug-likeness (QED) is 0.399. The molecule has 3 nitrogen and oxygen atoms in total. The normalized spacial score (nSPS) is 10.0. The Balaban J connectivity index is 0. The van der Waals surface area contributed by atoms with E-state index in [1.165, 1.54) is 0 Å². The molecule has 3 heteroatoms. The van der Waals surface area contributed by atoms with Crippen molar-refractivity contribution in [2.45, 2.75) is 39.2 Å². The van der Waals surface area contributed by atoms with Gasteiger partial charge in [-0.2, -0.15) is 0 Å². The van der Waals surface area contributed by atoms with Crippen LogP contribution in [0.25, 0.3) is 0 Å². The molecule has 0 spiro atoms. The van der Waals surface area contributed by atoms with Crippen LogP contribution in [0.5, 0.6) is 0 Å². The summed E-state index contributed by atoms with van der Waals surface area (Å²) in [5.74, 6) is 0. The van der Waals surface area contributed by atoms with E-state index in [1.807, 2.05) is 13.8 Å². The topological polar surface area (TPSA) is 60.7 Å². The molecule has 9 heavy (non-hydrogen) atoms. The monoisotopic (exact) mass is 136 g/mol. The van der Waals surface area contributed by atoms with Crippen LogP contribution in [0.4, 0.5) is 0 Å². The molecule has 0 heterocycles. The minimum atomic E-state index is -0.450. The van der Waals surface area contributed by atoms with Crippen molar-refractivity contribution in [1.82, 2.24) is 0 Å². The van der Waals surface area contributed by atoms with E-state index in [2.05, 4.69) is 6.92 Å². The summed E-state index contributed by atoms with van der Waals surface area (Å²) in [7, 11) is 0. The molecule has 0 bridgehead atoms. The van der Waals surface area contributed by atoms with Crippen molar-refractivity contribution in [3.8, 4) is 0 Å². The van der Waals surface area contributed by atoms with Gasteiger partial charge in [-0.3, -0.25) is 10.5 Å². The molecular weight excluding hydrogens is 120 g/mol. The first kappa shape index (κ1) is 11.6. The van der Waals surface area contributed by atoms with E-state index in [0.717, 1.165) is 12.8 Å². The standard InChI is InChI=1S/C6H14O.H2O2/c1-4-5-6(2,3)7;1-2/h7H,4-5H2,1-3H3;1-2H. The molecule has 0 radical (unpaired) electrons. The molecule has 0 saturated carbocycles. The lowest BCUT2D eigenvalue weighted by atomic mass is 10.0. The Bertz CT molecular complexity index is 46.8. The molecule has 0 aromatic heterocycles. The number of hydrogen-bond acceptors (Lipinski definition) is 3. The third kappa shape index (κ3) is 18.1. The van der Waals surface area contributed by atoms with Crippen LogP contribution in [-0.4, -0.2) is 21.2 Å². The predicted octanol–water partition coefficient (Wildman–Crippen LogP) is 1.57. The Morgan fingerprint density at radius 3 is 1.56 bits per heavy atom. The summed E-state index contributed by atoms with van der Waals surface area (Å²) in [6.07, 6.45) is 1.95. The average molecular weight is 136 g/mol. The van der Waals surface area contributed by atoms with Gasteiger partial charge < -0.3 is 5.11 Å². The van der Waals surface area contributed by atoms with Crippen LogP contribution >= 0.6 is 0 Å². The van der Waals surface area contributed by atoms with Gasteiger partial charge in [0.25, 0.3) is 0 Å². The predicted molar refractivity (Wildman–Crippen MR) is 36.5 cm³/mol. The maximum atomic E-state index is 9.02. The Morgan fingerprint density at radius 2 is 1.56 bits per heavy atom. The van der Waals surface area contributed by atoms with Crippen molar-refractivity contribution in [1.29, 1.82) is 0 Å². The van der Waals surface area contributed by atoms with Gasteiger partial charge in [0, 0.05) is 0 Å². The lowest BCUT2D eigenvalue weighted by molar-refractivity contribution is -0.176. The van der Waals surface area contributed by atoms with E-state index in [-0.39, 0.29) is 0 Å². The first-order chi connectivity index (χ1) is 4.06. The van der Waals surface area contributed by atoms with Crippen molar-refractivity contribution in [3.63, 3.8) is 0 Å². The van der Waals surface area contributed by atoms with Gasteiger partial charge in [-0.05, 0) is 20.3 Å². The highest BCUT2D eigenvalue weighted by Gasteiger charge is 2.08. The van der Waals surface area contributed by atoms with Crippen LogP contribution in [0.3, 0.4) is 0 Å². The second kappa shape index (κ2) is 6.01. The van der Waals surface area contributed by atoms with Crippen molar-refractivity contribution in [2.24, 2.45) is 0 Å². The van der Waals surface area contributed by atoms with Crippen LogP contribution in [0.2, 0.25) is 0 Å². The van der Waals surface area contributed by atoms with Gasteiger partial charge in [-0.1, -0.05) is 13.3 Å². The lowest BCUT2D eigenvalue weighted by Gasteiger charge is -2.14. The highest BCUT2D eigenvalue weighted by Crippen LogP contribution is 2.08. The number of rotatable bonds is 2. The highest BCUT2D eigenvalue weighted by molar-refractivity contribution is 4.61. The molecule has 0 saturated heterocycles. The van der Waals surface area contributed by atoms with Crippen molar-refractivity contribution in [3.05, 3.63) is 0 Å². The Morgan fingerprint density at radius 1 is 1.22 bits per heavy atom. The van der Waals surface area contributed by atoms with Crippen molar-refractivity contribution in [2.75, 3.05) is 0 Å². The first-order valence-electron chi connectivity index (χ1n) is 2.98. The Labute approximate surface area is 55.9 Å². The number of aliphatic hydroxyl groups is 1. The molecule has 0 aliphatic carbocycles. The van der Waals surface area contributed by atoms with E-state index in [4.69, 9.17) is 15.6 Å². The molecule has 0 rings (SSSR count). The summed E-state index contributed by atoms with van der Waals surface area (Å²) in [6, 6.07) is 0. The summed E-state index contributed by atoms with van der Waals surface area (Å²) in [5.41, 5.74) is -0.450. The van der Waals surface area contributed by atoms with Gasteiger partial charge in [0.1, 0.15) is 0 Å². The van der Waals surface area contributed by atoms with Gasteiger partial charge in [0.05, 0.1) is 5.60 Å². The van der Waals surface area contributed by atoms with Gasteiger partial charge in [-0.15, -0.1) is 0 Å². The van der Waals surface area contributed by atoms with E-state index in [9.17, 15) is 0 Å². The third-order valence-electron chi connectivity index (χ3n) is 0.862. The number of hydrogen-bond donors (Lipinski definition) is 3. The van der Waals surface area contributed by atoms with Crippen LogP contribution in [0, 0.1) is 0 Å². The summed E-state index contributed by atoms with van der Waals surface area (Å²) >= 11 is 0. The van der Waals surface area contributed by atoms with Crippen molar-refractivity contribution >= 4 is 0 Å². The fourth-order valence-corrected chi connectivity index (χ4v) is 0.612. The molecule has 0 amide bonds. The maximum absolute atomic E-state index is 9.02. The summed E-state index contributed by atoms with van der Waals surface area (Å²) in [6.45, 7) is 5.73. The van der Waals surface area contributed by atoms with E-state index in [0.29, 0.717) is 0 Å². The molecule has 0 aromatic carbocycles. The molecular formula is C6H16O3. The van der Waals surface area contributed by atoms with Gasteiger partial charge >= 0.3 is 0 Å². The minimum absolute atomic E-state index is 0.450. The fourth-order valence-electron chi connectivity index (χ4n) is 0.612. The zero-order valence-electron chi connectivity index (χ0n) is 6.26. The average Bonchev–Trinajstić information content (AvgIpc) is 1.69. The molecule has 0 aromatic rings. The summed E-state index contributed by atoms with van der Waals surface area (Å²) < 4.78 is 0. The van der Waals surface area contributed by atoms with E-state index in [1.54, 1.807) is 0 Å². The molecule has 0 atom stereocenters. The largest absolute Gasteiger partial charge is 0.390 e. The second-order valence-electron chi connectivity index (χ2n) is 2.56. The molecule has 0 fully saturated rings. The molecule has 58 valence electrons. The molecule has 3 N–H and O–H groups in total. The van der Waals surface area contributed by atoms with Crippen LogP contribution < -0.4 is 0 Å². The highest BCUT2D eigenvalue weighted by atomic mass is 17.0. The first-order valence-corrected chi connectivity index (χ1v) is 2.98. The Kier molecular flexibility index (Phi) is 7.77. The minimum Gasteiger partial charge on any atom is -0.390 e. The fraction of sp³-hybridized carbons (Fsp3) is 1.00. The van der Waals surface area contributed by atoms with Crippen LogP contribution in [-0.2, 0) is 0 Å². The zero-order valence-corrected chi connectivity index (χ0v) is 6.26. The van der Waals surface area contributed by atoms with E-state index >= 15 is 0 Å². The van der Waals surface area contributed by atoms with E-state index < -0.39 is 5.60 Å². The van der Waals surface area contributed by atoms with Crippen LogP contribution in [0.15, 0.2) is 0 Å². The van der Waals surface area contributed by atoms with Gasteiger partial charge in [-0.25, -0.2) is 0 Å². The lowest BCUT2D eigenvalue weighted by Crippen LogP contribution is -2.16. The zero-order chi connectivity index (χ0) is 7.91. The van der Waals surface area contributed by atoms with Crippen LogP contribution in [0.1, 0.15) is 33.6 Å². The molecule has 0 aliphatic rings. The molecule has 0 unspecified atom stereocenters. The Hall–Kier alpha value is -0.120. The summed E-state index contributed by atoms with van der Waals surface area (Å²) in [4.78, 5) is 0. The molecule has 0 aliphatic heterocycles. The smallest absolute Gasteiger partial charge is 0.0591 e. The second-order valence-corrected chi connectivity index (χ2v) is 2.56. The SMILES string of the molecule is CCCC(C)(C)O.OO. The maximum Gasteiger partial charge on any atom is 0.0591 e.